The Morgan fingerprint density at radius 1 is 1.33 bits per heavy atom. The summed E-state index contributed by atoms with van der Waals surface area (Å²) in [5.41, 5.74) is 7.62. The fourth-order valence-corrected chi connectivity index (χ4v) is 1.85. The number of benzene rings is 1. The highest BCUT2D eigenvalue weighted by Gasteiger charge is 2.12. The maximum atomic E-state index is 11.9. The number of Topliss-reactive ketones (excluding diaryl/α,β-unsaturated/α-hetero) is 1. The van der Waals surface area contributed by atoms with Gasteiger partial charge in [0.25, 0.3) is 0 Å². The van der Waals surface area contributed by atoms with E-state index in [4.69, 9.17) is 5.73 Å². The van der Waals surface area contributed by atoms with Gasteiger partial charge in [-0.05, 0) is 18.1 Å². The first-order chi connectivity index (χ1) is 8.66. The predicted molar refractivity (Wildman–Crippen MR) is 70.1 cm³/mol. The molecule has 1 heterocycles. The Morgan fingerprint density at radius 2 is 2.06 bits per heavy atom. The summed E-state index contributed by atoms with van der Waals surface area (Å²) in [7, 11) is 1.80. The lowest BCUT2D eigenvalue weighted by Crippen LogP contribution is -2.12. The Kier molecular flexibility index (Phi) is 3.89. The molecule has 0 saturated carbocycles. The molecule has 0 fully saturated rings. The number of carbonyl (C=O) groups is 1. The molecule has 2 rings (SSSR count). The van der Waals surface area contributed by atoms with Crippen LogP contribution in [0.2, 0.25) is 0 Å². The molecule has 4 nitrogen and oxygen atoms in total. The van der Waals surface area contributed by atoms with Crippen molar-refractivity contribution >= 4 is 5.78 Å². The molecule has 1 atom stereocenters. The molecule has 94 valence electrons. The smallest absolute Gasteiger partial charge is 0.183 e. The highest BCUT2D eigenvalue weighted by molar-refractivity contribution is 5.94. The van der Waals surface area contributed by atoms with Crippen LogP contribution in [0.4, 0.5) is 0 Å². The Hall–Kier alpha value is -1.94. The molecule has 4 heteroatoms. The maximum absolute atomic E-state index is 11.9. The highest BCUT2D eigenvalue weighted by Crippen LogP contribution is 2.16. The second kappa shape index (κ2) is 5.60. The van der Waals surface area contributed by atoms with Crippen molar-refractivity contribution in [1.82, 2.24) is 9.78 Å². The van der Waals surface area contributed by atoms with Crippen molar-refractivity contribution in [2.24, 2.45) is 12.8 Å². The number of aromatic nitrogens is 2. The average molecular weight is 243 g/mol. The molecule has 0 aliphatic heterocycles. The number of hydrogen-bond donors (Lipinski definition) is 1. The summed E-state index contributed by atoms with van der Waals surface area (Å²) < 4.78 is 1.63. The molecule has 1 unspecified atom stereocenters. The summed E-state index contributed by atoms with van der Waals surface area (Å²) in [5, 5.41) is 4.09. The minimum Gasteiger partial charge on any atom is -0.324 e. The number of rotatable bonds is 5. The van der Waals surface area contributed by atoms with Gasteiger partial charge in [0, 0.05) is 25.7 Å². The molecule has 0 bridgehead atoms. The Labute approximate surface area is 106 Å². The van der Waals surface area contributed by atoms with Crippen LogP contribution in [0.5, 0.6) is 0 Å². The van der Waals surface area contributed by atoms with Crippen molar-refractivity contribution < 1.29 is 4.79 Å². The number of aryl methyl sites for hydroxylation is 1. The van der Waals surface area contributed by atoms with E-state index in [0.717, 1.165) is 5.56 Å². The molecule has 0 spiro atoms. The number of nitrogens with zero attached hydrogens (tertiary/aromatic N) is 2. The topological polar surface area (TPSA) is 60.9 Å². The van der Waals surface area contributed by atoms with E-state index >= 15 is 0 Å². The summed E-state index contributed by atoms with van der Waals surface area (Å²) >= 11 is 0. The lowest BCUT2D eigenvalue weighted by Gasteiger charge is -2.10. The molecular formula is C14H17N3O. The number of carbonyl (C=O) groups excluding carboxylic acids is 1. The van der Waals surface area contributed by atoms with Crippen LogP contribution in [0.15, 0.2) is 42.6 Å². The van der Waals surface area contributed by atoms with E-state index in [0.29, 0.717) is 18.5 Å². The molecule has 0 amide bonds. The zero-order valence-corrected chi connectivity index (χ0v) is 10.4. The first-order valence-electron chi connectivity index (χ1n) is 6.00. The minimum absolute atomic E-state index is 0.0435. The number of hydrogen-bond acceptors (Lipinski definition) is 3. The van der Waals surface area contributed by atoms with E-state index in [9.17, 15) is 4.79 Å². The van der Waals surface area contributed by atoms with Crippen molar-refractivity contribution in [3.8, 4) is 0 Å². The third kappa shape index (κ3) is 3.05. The van der Waals surface area contributed by atoms with Crippen LogP contribution in [-0.4, -0.2) is 15.6 Å². The molecule has 0 aliphatic rings. The zero-order chi connectivity index (χ0) is 13.0. The summed E-state index contributed by atoms with van der Waals surface area (Å²) in [6.45, 7) is 0. The molecule has 1 aromatic carbocycles. The zero-order valence-electron chi connectivity index (χ0n) is 10.4. The van der Waals surface area contributed by atoms with Crippen LogP contribution in [0.25, 0.3) is 0 Å². The largest absolute Gasteiger partial charge is 0.324 e. The van der Waals surface area contributed by atoms with Gasteiger partial charge in [-0.1, -0.05) is 30.3 Å². The van der Waals surface area contributed by atoms with E-state index in [1.165, 1.54) is 0 Å². The summed E-state index contributed by atoms with van der Waals surface area (Å²) in [6, 6.07) is 11.5. The molecular weight excluding hydrogens is 226 g/mol. The van der Waals surface area contributed by atoms with Crippen LogP contribution in [0.1, 0.15) is 34.9 Å². The van der Waals surface area contributed by atoms with Crippen LogP contribution in [-0.2, 0) is 7.05 Å². The summed E-state index contributed by atoms with van der Waals surface area (Å²) in [5.74, 6) is 0.0435. The van der Waals surface area contributed by atoms with E-state index in [-0.39, 0.29) is 11.8 Å². The lowest BCUT2D eigenvalue weighted by atomic mass is 10.0. The fourth-order valence-electron chi connectivity index (χ4n) is 1.85. The van der Waals surface area contributed by atoms with Gasteiger partial charge in [0.2, 0.25) is 0 Å². The van der Waals surface area contributed by atoms with Crippen molar-refractivity contribution in [1.29, 1.82) is 0 Å². The monoisotopic (exact) mass is 243 g/mol. The first-order valence-corrected chi connectivity index (χ1v) is 6.00. The molecule has 18 heavy (non-hydrogen) atoms. The summed E-state index contributed by atoms with van der Waals surface area (Å²) in [6.07, 6.45) is 2.83. The number of ketones is 1. The van der Waals surface area contributed by atoms with Gasteiger partial charge in [0.15, 0.2) is 5.78 Å². The Balaban J connectivity index is 1.90. The SMILES string of the molecule is Cn1ccc(C(=O)CCC(N)c2ccccc2)n1. The van der Waals surface area contributed by atoms with Crippen molar-refractivity contribution in [3.05, 3.63) is 53.9 Å². The molecule has 0 aliphatic carbocycles. The van der Waals surface area contributed by atoms with E-state index in [2.05, 4.69) is 5.10 Å². The van der Waals surface area contributed by atoms with Gasteiger partial charge in [0.05, 0.1) is 0 Å². The van der Waals surface area contributed by atoms with Crippen LogP contribution in [0, 0.1) is 0 Å². The molecule has 0 saturated heterocycles. The minimum atomic E-state index is -0.0983. The first kappa shape index (κ1) is 12.5. The second-order valence-electron chi connectivity index (χ2n) is 4.35. The van der Waals surface area contributed by atoms with Crippen molar-refractivity contribution in [2.75, 3.05) is 0 Å². The maximum Gasteiger partial charge on any atom is 0.183 e. The van der Waals surface area contributed by atoms with Gasteiger partial charge in [-0.25, -0.2) is 0 Å². The highest BCUT2D eigenvalue weighted by atomic mass is 16.1. The van der Waals surface area contributed by atoms with Gasteiger partial charge in [-0.15, -0.1) is 0 Å². The lowest BCUT2D eigenvalue weighted by molar-refractivity contribution is 0.0972. The van der Waals surface area contributed by atoms with Gasteiger partial charge >= 0.3 is 0 Å². The van der Waals surface area contributed by atoms with E-state index < -0.39 is 0 Å². The molecule has 2 aromatic rings. The van der Waals surface area contributed by atoms with Gasteiger partial charge in [-0.3, -0.25) is 9.48 Å². The average Bonchev–Trinajstić information content (AvgIpc) is 2.83. The number of nitrogens with two attached hydrogens (primary N) is 1. The third-order valence-electron chi connectivity index (χ3n) is 2.91. The van der Waals surface area contributed by atoms with E-state index in [1.54, 1.807) is 24.0 Å². The molecule has 2 N–H and O–H groups in total. The van der Waals surface area contributed by atoms with Crippen LogP contribution < -0.4 is 5.73 Å². The van der Waals surface area contributed by atoms with Crippen molar-refractivity contribution in [3.63, 3.8) is 0 Å². The normalized spacial score (nSPS) is 12.3. The third-order valence-corrected chi connectivity index (χ3v) is 2.91. The standard InChI is InChI=1S/C14H17N3O/c1-17-10-9-13(16-17)14(18)8-7-12(15)11-5-3-2-4-6-11/h2-6,9-10,12H,7-8,15H2,1H3. The molecule has 0 radical (unpaired) electrons. The van der Waals surface area contributed by atoms with Gasteiger partial charge in [0.1, 0.15) is 5.69 Å². The van der Waals surface area contributed by atoms with Gasteiger partial charge in [-0.2, -0.15) is 5.10 Å². The second-order valence-corrected chi connectivity index (χ2v) is 4.35. The van der Waals surface area contributed by atoms with Crippen LogP contribution >= 0.6 is 0 Å². The quantitative estimate of drug-likeness (QED) is 0.818. The van der Waals surface area contributed by atoms with Gasteiger partial charge < -0.3 is 5.73 Å². The van der Waals surface area contributed by atoms with Crippen molar-refractivity contribution in [2.45, 2.75) is 18.9 Å². The fraction of sp³-hybridized carbons (Fsp3) is 0.286. The molecule has 1 aromatic heterocycles. The van der Waals surface area contributed by atoms with Crippen LogP contribution in [0.3, 0.4) is 0 Å². The van der Waals surface area contributed by atoms with E-state index in [1.807, 2.05) is 30.3 Å². The Morgan fingerprint density at radius 3 is 2.67 bits per heavy atom. The predicted octanol–water partition coefficient (Wildman–Crippen LogP) is 2.08. The Bertz CT molecular complexity index is 519. The summed E-state index contributed by atoms with van der Waals surface area (Å²) in [4.78, 5) is 11.9.